The first-order valence-corrected chi connectivity index (χ1v) is 11.7. The largest absolute Gasteiger partial charge is 0.309 e. The molecular formula is C24H26FN3O2S. The molecule has 31 heavy (non-hydrogen) atoms. The zero-order valence-corrected chi connectivity index (χ0v) is 18.6. The van der Waals surface area contributed by atoms with Crippen LogP contribution in [0.3, 0.4) is 0 Å². The van der Waals surface area contributed by atoms with Crippen molar-refractivity contribution in [3.05, 3.63) is 64.2 Å². The Bertz CT molecular complexity index is 1180. The predicted molar refractivity (Wildman–Crippen MR) is 123 cm³/mol. The highest BCUT2D eigenvalue weighted by molar-refractivity contribution is 7.99. The fourth-order valence-electron chi connectivity index (χ4n) is 4.07. The second kappa shape index (κ2) is 9.22. The summed E-state index contributed by atoms with van der Waals surface area (Å²) in [7, 11) is 0. The molecule has 0 fully saturated rings. The molecule has 3 aromatic rings. The maximum atomic E-state index is 13.7. The van der Waals surface area contributed by atoms with E-state index >= 15 is 0 Å². The Balaban J connectivity index is 1.62. The normalized spacial score (nSPS) is 15.8. The molecule has 1 amide bonds. The van der Waals surface area contributed by atoms with Crippen molar-refractivity contribution in [1.82, 2.24) is 9.55 Å². The number of rotatable bonds is 6. The van der Waals surface area contributed by atoms with E-state index in [9.17, 15) is 14.0 Å². The molecule has 1 aromatic heterocycles. The smallest absolute Gasteiger partial charge is 0.262 e. The number of halogens is 1. The third-order valence-corrected chi connectivity index (χ3v) is 6.69. The lowest BCUT2D eigenvalue weighted by molar-refractivity contribution is -0.116. The highest BCUT2D eigenvalue weighted by atomic mass is 32.2. The third-order valence-electron chi connectivity index (χ3n) is 5.73. The summed E-state index contributed by atoms with van der Waals surface area (Å²) in [4.78, 5) is 32.7. The Morgan fingerprint density at radius 1 is 1.26 bits per heavy atom. The zero-order valence-electron chi connectivity index (χ0n) is 17.8. The molecule has 2 heterocycles. The molecule has 0 saturated heterocycles. The van der Waals surface area contributed by atoms with Gasteiger partial charge in [-0.2, -0.15) is 0 Å². The van der Waals surface area contributed by atoms with Crippen LogP contribution in [0.25, 0.3) is 10.9 Å². The molecule has 7 heteroatoms. The SMILES string of the molecule is CCCCn1c(SCC(=O)N2c3ccc(F)cc3CC[C@@H]2C)nc2ccccc2c1=O. The Morgan fingerprint density at radius 3 is 2.87 bits per heavy atom. The van der Waals surface area contributed by atoms with E-state index in [0.717, 1.165) is 36.9 Å². The topological polar surface area (TPSA) is 55.2 Å². The molecule has 1 aliphatic heterocycles. The maximum Gasteiger partial charge on any atom is 0.262 e. The van der Waals surface area contributed by atoms with Crippen molar-refractivity contribution in [3.8, 4) is 0 Å². The van der Waals surface area contributed by atoms with Gasteiger partial charge in [0.25, 0.3) is 5.56 Å². The number of unbranched alkanes of at least 4 members (excludes halogenated alkanes) is 1. The van der Waals surface area contributed by atoms with Gasteiger partial charge in [-0.25, -0.2) is 9.37 Å². The van der Waals surface area contributed by atoms with Crippen LogP contribution in [0, 0.1) is 5.82 Å². The summed E-state index contributed by atoms with van der Waals surface area (Å²) < 4.78 is 15.3. The van der Waals surface area contributed by atoms with E-state index < -0.39 is 0 Å². The van der Waals surface area contributed by atoms with Crippen molar-refractivity contribution in [3.63, 3.8) is 0 Å². The Hall–Kier alpha value is -2.67. The first-order chi connectivity index (χ1) is 15.0. The van der Waals surface area contributed by atoms with Gasteiger partial charge in [0.15, 0.2) is 5.16 Å². The number of carbonyl (C=O) groups excluding carboxylic acids is 1. The number of amides is 1. The van der Waals surface area contributed by atoms with E-state index in [-0.39, 0.29) is 29.1 Å². The molecule has 4 rings (SSSR count). The highest BCUT2D eigenvalue weighted by Crippen LogP contribution is 2.32. The van der Waals surface area contributed by atoms with E-state index in [1.807, 2.05) is 25.1 Å². The van der Waals surface area contributed by atoms with Gasteiger partial charge in [0, 0.05) is 18.3 Å². The number of para-hydroxylation sites is 1. The molecule has 5 nitrogen and oxygen atoms in total. The molecule has 2 aromatic carbocycles. The van der Waals surface area contributed by atoms with Crippen LogP contribution in [0.1, 0.15) is 38.7 Å². The van der Waals surface area contributed by atoms with Crippen LogP contribution >= 0.6 is 11.8 Å². The first kappa shape index (κ1) is 21.6. The van der Waals surface area contributed by atoms with Crippen molar-refractivity contribution in [1.29, 1.82) is 0 Å². The molecule has 162 valence electrons. The number of fused-ring (bicyclic) bond motifs is 2. The summed E-state index contributed by atoms with van der Waals surface area (Å²) in [5.74, 6) is -0.178. The number of benzene rings is 2. The van der Waals surface area contributed by atoms with E-state index in [1.165, 1.54) is 23.9 Å². The van der Waals surface area contributed by atoms with E-state index in [0.29, 0.717) is 22.6 Å². The number of hydrogen-bond donors (Lipinski definition) is 0. The summed E-state index contributed by atoms with van der Waals surface area (Å²) in [6.07, 6.45) is 3.38. The third kappa shape index (κ3) is 4.37. The summed E-state index contributed by atoms with van der Waals surface area (Å²) in [6.45, 7) is 4.67. The van der Waals surface area contributed by atoms with E-state index in [4.69, 9.17) is 0 Å². The fourth-order valence-corrected chi connectivity index (χ4v) is 4.95. The number of anilines is 1. The zero-order chi connectivity index (χ0) is 22.0. The molecule has 1 atom stereocenters. The van der Waals surface area contributed by atoms with Gasteiger partial charge in [0.05, 0.1) is 16.7 Å². The number of nitrogens with zero attached hydrogens (tertiary/aromatic N) is 3. The van der Waals surface area contributed by atoms with Gasteiger partial charge in [0.2, 0.25) is 5.91 Å². The quantitative estimate of drug-likeness (QED) is 0.409. The van der Waals surface area contributed by atoms with Crippen LogP contribution < -0.4 is 10.5 Å². The number of aryl methyl sites for hydroxylation is 1. The number of thioether (sulfide) groups is 1. The molecule has 0 unspecified atom stereocenters. The van der Waals surface area contributed by atoms with Crippen molar-refractivity contribution in [2.24, 2.45) is 0 Å². The van der Waals surface area contributed by atoms with Gasteiger partial charge >= 0.3 is 0 Å². The summed E-state index contributed by atoms with van der Waals surface area (Å²) in [5, 5.41) is 1.16. The molecule has 0 bridgehead atoms. The molecule has 0 aliphatic carbocycles. The van der Waals surface area contributed by atoms with Crippen LogP contribution in [0.4, 0.5) is 10.1 Å². The fraction of sp³-hybridized carbons (Fsp3) is 0.375. The second-order valence-corrected chi connectivity index (χ2v) is 8.88. The summed E-state index contributed by atoms with van der Waals surface area (Å²) >= 11 is 1.29. The molecule has 0 radical (unpaired) electrons. The Kier molecular flexibility index (Phi) is 6.41. The molecule has 0 spiro atoms. The monoisotopic (exact) mass is 439 g/mol. The first-order valence-electron chi connectivity index (χ1n) is 10.7. The summed E-state index contributed by atoms with van der Waals surface area (Å²) in [6, 6.07) is 12.0. The van der Waals surface area contributed by atoms with Gasteiger partial charge < -0.3 is 4.90 Å². The van der Waals surface area contributed by atoms with E-state index in [2.05, 4.69) is 11.9 Å². The van der Waals surface area contributed by atoms with Crippen LogP contribution in [0.2, 0.25) is 0 Å². The minimum Gasteiger partial charge on any atom is -0.309 e. The van der Waals surface area contributed by atoms with Gasteiger partial charge in [-0.3, -0.25) is 14.2 Å². The molecule has 0 saturated carbocycles. The number of aromatic nitrogens is 2. The Morgan fingerprint density at radius 2 is 2.06 bits per heavy atom. The number of carbonyl (C=O) groups is 1. The standard InChI is InChI=1S/C24H26FN3O2S/c1-3-4-13-27-23(30)19-7-5-6-8-20(19)26-24(27)31-15-22(29)28-16(2)9-10-17-14-18(25)11-12-21(17)28/h5-8,11-12,14,16H,3-4,9-10,13,15H2,1-2H3/t16-/m0/s1. The average Bonchev–Trinajstić information content (AvgIpc) is 2.77. The minimum absolute atomic E-state index is 0.0397. The lowest BCUT2D eigenvalue weighted by Gasteiger charge is -2.35. The summed E-state index contributed by atoms with van der Waals surface area (Å²) in [5.41, 5.74) is 2.21. The highest BCUT2D eigenvalue weighted by Gasteiger charge is 2.28. The van der Waals surface area contributed by atoms with Gasteiger partial charge in [0.1, 0.15) is 5.82 Å². The average molecular weight is 440 g/mol. The van der Waals surface area contributed by atoms with Crippen molar-refractivity contribution < 1.29 is 9.18 Å². The maximum absolute atomic E-state index is 13.7. The molecule has 1 aliphatic rings. The van der Waals surface area contributed by atoms with E-state index in [1.54, 1.807) is 21.6 Å². The minimum atomic E-state index is -0.282. The van der Waals surface area contributed by atoms with Crippen molar-refractivity contribution >= 4 is 34.3 Å². The van der Waals surface area contributed by atoms with Crippen LogP contribution in [-0.4, -0.2) is 27.3 Å². The number of hydrogen-bond acceptors (Lipinski definition) is 4. The van der Waals surface area contributed by atoms with Crippen molar-refractivity contribution in [2.45, 2.75) is 57.3 Å². The van der Waals surface area contributed by atoms with Gasteiger partial charge in [-0.15, -0.1) is 0 Å². The lowest BCUT2D eigenvalue weighted by Crippen LogP contribution is -2.43. The van der Waals surface area contributed by atoms with Gasteiger partial charge in [-0.05, 0) is 62.1 Å². The lowest BCUT2D eigenvalue weighted by atomic mass is 9.96. The molecule has 0 N–H and O–H groups in total. The van der Waals surface area contributed by atoms with Crippen LogP contribution in [-0.2, 0) is 17.8 Å². The molecular weight excluding hydrogens is 413 g/mol. The van der Waals surface area contributed by atoms with Gasteiger partial charge in [-0.1, -0.05) is 37.2 Å². The Labute approximate surface area is 185 Å². The van der Waals surface area contributed by atoms with Crippen LogP contribution in [0.15, 0.2) is 52.4 Å². The second-order valence-electron chi connectivity index (χ2n) is 7.94. The predicted octanol–water partition coefficient (Wildman–Crippen LogP) is 4.80. The van der Waals surface area contributed by atoms with Crippen LogP contribution in [0.5, 0.6) is 0 Å². The van der Waals surface area contributed by atoms with Crippen molar-refractivity contribution in [2.75, 3.05) is 10.7 Å².